The van der Waals surface area contributed by atoms with Crippen molar-refractivity contribution in [3.63, 3.8) is 0 Å². The minimum absolute atomic E-state index is 0.0161. The molecule has 0 atom stereocenters. The van der Waals surface area contributed by atoms with Gasteiger partial charge in [0, 0.05) is 44.8 Å². The van der Waals surface area contributed by atoms with Crippen molar-refractivity contribution in [1.29, 1.82) is 0 Å². The molecule has 0 amide bonds. The monoisotopic (exact) mass is 486 g/mol. The van der Waals surface area contributed by atoms with E-state index in [1.807, 2.05) is 24.8 Å². The number of ether oxygens (including phenoxy) is 1. The Labute approximate surface area is 202 Å². The van der Waals surface area contributed by atoms with E-state index in [1.54, 1.807) is 23.9 Å². The highest BCUT2D eigenvalue weighted by molar-refractivity contribution is 5.73. The maximum absolute atomic E-state index is 14.9. The first-order valence-corrected chi connectivity index (χ1v) is 11.8. The molecule has 7 nitrogen and oxygen atoms in total. The molecule has 0 saturated carbocycles. The topological polar surface area (TPSA) is 57.6 Å². The molecule has 2 N–H and O–H groups in total. The van der Waals surface area contributed by atoms with Crippen molar-refractivity contribution in [1.82, 2.24) is 14.9 Å². The lowest BCUT2D eigenvalue weighted by Crippen LogP contribution is -2.44. The van der Waals surface area contributed by atoms with E-state index in [0.29, 0.717) is 49.1 Å². The number of nitrogens with zero attached hydrogens (tertiary/aromatic N) is 4. The Balaban J connectivity index is 1.44. The van der Waals surface area contributed by atoms with Crippen LogP contribution in [0.1, 0.15) is 13.8 Å². The highest BCUT2D eigenvalue weighted by Crippen LogP contribution is 2.39. The average Bonchev–Trinajstić information content (AvgIpc) is 3.22. The summed E-state index contributed by atoms with van der Waals surface area (Å²) in [5, 5.41) is 6.08. The molecule has 10 heteroatoms. The molecule has 1 aromatic heterocycles. The van der Waals surface area contributed by atoms with Crippen LogP contribution in [0, 0.1) is 17.5 Å². The van der Waals surface area contributed by atoms with Gasteiger partial charge in [0.2, 0.25) is 5.95 Å². The van der Waals surface area contributed by atoms with E-state index in [9.17, 15) is 13.2 Å². The van der Waals surface area contributed by atoms with Crippen molar-refractivity contribution in [2.24, 2.45) is 7.05 Å². The van der Waals surface area contributed by atoms with E-state index < -0.39 is 17.5 Å². The van der Waals surface area contributed by atoms with Crippen molar-refractivity contribution in [2.45, 2.75) is 19.9 Å². The van der Waals surface area contributed by atoms with Gasteiger partial charge in [-0.1, -0.05) is 0 Å². The van der Waals surface area contributed by atoms with E-state index in [0.717, 1.165) is 13.1 Å². The van der Waals surface area contributed by atoms with E-state index in [2.05, 4.69) is 20.5 Å². The molecule has 0 bridgehead atoms. The van der Waals surface area contributed by atoms with Crippen molar-refractivity contribution in [3.05, 3.63) is 47.9 Å². The zero-order valence-electron chi connectivity index (χ0n) is 20.0. The Morgan fingerprint density at radius 1 is 1.03 bits per heavy atom. The lowest BCUT2D eigenvalue weighted by atomic mass is 10.1. The van der Waals surface area contributed by atoms with Gasteiger partial charge in [-0.2, -0.15) is 0 Å². The van der Waals surface area contributed by atoms with Crippen molar-refractivity contribution in [2.75, 3.05) is 54.4 Å². The quantitative estimate of drug-likeness (QED) is 0.562. The number of hydrogen-bond acceptors (Lipinski definition) is 6. The minimum atomic E-state index is -0.963. The summed E-state index contributed by atoms with van der Waals surface area (Å²) in [7, 11) is 1.74. The Bertz CT molecular complexity index is 1240. The van der Waals surface area contributed by atoms with Crippen LogP contribution in [0.4, 0.5) is 36.2 Å². The molecule has 0 radical (unpaired) electrons. The highest BCUT2D eigenvalue weighted by atomic mass is 19.2. The van der Waals surface area contributed by atoms with Crippen LogP contribution in [0.15, 0.2) is 30.5 Å². The van der Waals surface area contributed by atoms with Gasteiger partial charge >= 0.3 is 0 Å². The first kappa shape index (κ1) is 23.3. The normalized spacial score (nSPS) is 15.9. The zero-order chi connectivity index (χ0) is 24.7. The fraction of sp³-hybridized carbons (Fsp3) is 0.400. The molecule has 0 unspecified atom stereocenters. The molecule has 0 spiro atoms. The fourth-order valence-electron chi connectivity index (χ4n) is 4.69. The van der Waals surface area contributed by atoms with Gasteiger partial charge in [-0.3, -0.25) is 0 Å². The van der Waals surface area contributed by atoms with E-state index >= 15 is 0 Å². The molecular weight excluding hydrogens is 457 g/mol. The van der Waals surface area contributed by atoms with Crippen LogP contribution in [0.25, 0.3) is 11.3 Å². The number of imidazole rings is 1. The number of piperazine rings is 1. The second-order valence-electron chi connectivity index (χ2n) is 9.09. The first-order valence-electron chi connectivity index (χ1n) is 11.8. The van der Waals surface area contributed by atoms with Crippen LogP contribution >= 0.6 is 0 Å². The molecular formula is C25H29F3N6O. The van der Waals surface area contributed by atoms with Crippen LogP contribution < -0.4 is 25.2 Å². The van der Waals surface area contributed by atoms with E-state index in [4.69, 9.17) is 4.74 Å². The third kappa shape index (κ3) is 4.27. The van der Waals surface area contributed by atoms with Crippen molar-refractivity contribution in [3.8, 4) is 17.0 Å². The summed E-state index contributed by atoms with van der Waals surface area (Å²) in [6, 6.07) is 6.56. The van der Waals surface area contributed by atoms with E-state index in [1.165, 1.54) is 12.1 Å². The van der Waals surface area contributed by atoms with Gasteiger partial charge in [-0.05, 0) is 38.1 Å². The Morgan fingerprint density at radius 3 is 2.54 bits per heavy atom. The molecule has 3 heterocycles. The summed E-state index contributed by atoms with van der Waals surface area (Å²) in [5.41, 5.74) is 2.16. The summed E-state index contributed by atoms with van der Waals surface area (Å²) in [6.07, 6.45) is 1.58. The number of halogens is 3. The number of hydrogen-bond donors (Lipinski definition) is 2. The lowest BCUT2D eigenvalue weighted by Gasteiger charge is -2.34. The second-order valence-corrected chi connectivity index (χ2v) is 9.09. The predicted octanol–water partition coefficient (Wildman–Crippen LogP) is 4.26. The molecule has 0 aliphatic carbocycles. The summed E-state index contributed by atoms with van der Waals surface area (Å²) in [6.45, 7) is 7.87. The van der Waals surface area contributed by atoms with Gasteiger partial charge in [-0.15, -0.1) is 0 Å². The SMILES string of the molecule is CC(C)N1CCOc2c(F)cc(-c3cnc(Nc4ccc(N5CCNCC5)c(F)c4F)n3C)cc21. The molecule has 2 aliphatic rings. The molecule has 35 heavy (non-hydrogen) atoms. The largest absolute Gasteiger partial charge is 0.486 e. The van der Waals surface area contributed by atoms with Crippen molar-refractivity contribution >= 4 is 23.0 Å². The van der Waals surface area contributed by atoms with Gasteiger partial charge < -0.3 is 29.7 Å². The molecule has 1 saturated heterocycles. The molecule has 2 aliphatic heterocycles. The van der Waals surface area contributed by atoms with Gasteiger partial charge in [0.1, 0.15) is 6.61 Å². The highest BCUT2D eigenvalue weighted by Gasteiger charge is 2.26. The minimum Gasteiger partial charge on any atom is -0.486 e. The summed E-state index contributed by atoms with van der Waals surface area (Å²) >= 11 is 0. The predicted molar refractivity (Wildman–Crippen MR) is 131 cm³/mol. The van der Waals surface area contributed by atoms with Crippen LogP contribution in [0.5, 0.6) is 5.75 Å². The van der Waals surface area contributed by atoms with Crippen LogP contribution in [0.2, 0.25) is 0 Å². The van der Waals surface area contributed by atoms with Crippen molar-refractivity contribution < 1.29 is 17.9 Å². The maximum Gasteiger partial charge on any atom is 0.207 e. The number of benzene rings is 2. The van der Waals surface area contributed by atoms with Gasteiger partial charge in [0.15, 0.2) is 23.2 Å². The maximum atomic E-state index is 14.9. The summed E-state index contributed by atoms with van der Waals surface area (Å²) in [4.78, 5) is 8.27. The molecule has 1 fully saturated rings. The first-order chi connectivity index (χ1) is 16.8. The number of anilines is 4. The number of fused-ring (bicyclic) bond motifs is 1. The van der Waals surface area contributed by atoms with Gasteiger partial charge in [0.05, 0.1) is 35.5 Å². The van der Waals surface area contributed by atoms with Crippen LogP contribution in [-0.4, -0.2) is 54.9 Å². The third-order valence-electron chi connectivity index (χ3n) is 6.59. The molecule has 186 valence electrons. The van der Waals surface area contributed by atoms with Gasteiger partial charge in [0.25, 0.3) is 0 Å². The van der Waals surface area contributed by atoms with Gasteiger partial charge in [-0.25, -0.2) is 18.2 Å². The Morgan fingerprint density at radius 2 is 1.80 bits per heavy atom. The standard InChI is InChI=1S/C25H29F3N6O/c1-15(2)34-10-11-35-24-17(26)12-16(13-20(24)34)21-14-30-25(32(21)3)31-18-4-5-19(23(28)22(18)27)33-8-6-29-7-9-33/h4-5,12-15,29H,6-11H2,1-3H3,(H,30,31). The average molecular weight is 487 g/mol. The number of nitrogens with one attached hydrogen (secondary N) is 2. The fourth-order valence-corrected chi connectivity index (χ4v) is 4.69. The van der Waals surface area contributed by atoms with Crippen LogP contribution in [0.3, 0.4) is 0 Å². The van der Waals surface area contributed by atoms with E-state index in [-0.39, 0.29) is 23.2 Å². The summed E-state index contributed by atoms with van der Waals surface area (Å²) < 4.78 is 52.0. The smallest absolute Gasteiger partial charge is 0.207 e. The molecule has 5 rings (SSSR count). The Kier molecular flexibility index (Phi) is 6.22. The number of rotatable bonds is 5. The lowest BCUT2D eigenvalue weighted by molar-refractivity contribution is 0.287. The molecule has 3 aromatic rings. The third-order valence-corrected chi connectivity index (χ3v) is 6.59. The van der Waals surface area contributed by atoms with Crippen LogP contribution in [-0.2, 0) is 7.05 Å². The molecule has 2 aromatic carbocycles. The summed E-state index contributed by atoms with van der Waals surface area (Å²) in [5.74, 6) is -1.75. The second kappa shape index (κ2) is 9.33. The zero-order valence-corrected chi connectivity index (χ0v) is 20.0. The number of aromatic nitrogens is 2. The Hall–Kier alpha value is -3.40.